The number of carbonyl (C=O) groups excluding carboxylic acids is 2. The van der Waals surface area contributed by atoms with E-state index in [-0.39, 0.29) is 12.2 Å². The number of aromatic amines is 1. The minimum atomic E-state index is -1.24. The largest absolute Gasteiger partial charge is 0.390 e. The van der Waals surface area contributed by atoms with Crippen LogP contribution in [0, 0.1) is 0 Å². The lowest BCUT2D eigenvalue weighted by Gasteiger charge is -2.17. The smallest absolute Gasteiger partial charge is 0.220 e. The molecule has 1 aromatic heterocycles. The van der Waals surface area contributed by atoms with Crippen LogP contribution in [0.5, 0.6) is 0 Å². The number of benzene rings is 1. The Morgan fingerprint density at radius 2 is 2.09 bits per heavy atom. The third-order valence-corrected chi connectivity index (χ3v) is 4.16. The quantitative estimate of drug-likeness (QED) is 0.673. The second kappa shape index (κ2) is 5.55. The van der Waals surface area contributed by atoms with Crippen molar-refractivity contribution in [2.24, 2.45) is 5.73 Å². The molecule has 0 saturated carbocycles. The number of aliphatic hydroxyl groups excluding tert-OH is 2. The van der Waals surface area contributed by atoms with Crippen LogP contribution in [0.1, 0.15) is 47.0 Å². The molecule has 6 nitrogen and oxygen atoms in total. The molecule has 0 spiro atoms. The van der Waals surface area contributed by atoms with Crippen LogP contribution >= 0.6 is 0 Å². The summed E-state index contributed by atoms with van der Waals surface area (Å²) in [6.45, 7) is 0. The van der Waals surface area contributed by atoms with E-state index in [1.165, 1.54) is 0 Å². The molecule has 1 aromatic carbocycles. The van der Waals surface area contributed by atoms with E-state index in [1.807, 2.05) is 0 Å². The molecule has 0 saturated heterocycles. The minimum absolute atomic E-state index is 0.105. The van der Waals surface area contributed by atoms with E-state index in [0.29, 0.717) is 17.7 Å². The lowest BCUT2D eigenvalue weighted by molar-refractivity contribution is -0.121. The monoisotopic (exact) mass is 302 g/mol. The number of hydrogen-bond acceptors (Lipinski definition) is 4. The van der Waals surface area contributed by atoms with Crippen molar-refractivity contribution in [2.45, 2.75) is 37.9 Å². The number of nitrogens with one attached hydrogen (secondary N) is 1. The lowest BCUT2D eigenvalue weighted by Crippen LogP contribution is -2.25. The Hall–Kier alpha value is -2.18. The first kappa shape index (κ1) is 14.7. The zero-order chi connectivity index (χ0) is 15.9. The second-order valence-electron chi connectivity index (χ2n) is 5.74. The maximum Gasteiger partial charge on any atom is 0.220 e. The van der Waals surface area contributed by atoms with Crippen LogP contribution in [0.15, 0.2) is 18.2 Å². The van der Waals surface area contributed by atoms with Gasteiger partial charge in [-0.25, -0.2) is 0 Å². The van der Waals surface area contributed by atoms with Gasteiger partial charge in [0.2, 0.25) is 5.91 Å². The summed E-state index contributed by atoms with van der Waals surface area (Å²) < 4.78 is 0. The highest BCUT2D eigenvalue weighted by molar-refractivity contribution is 6.03. The first-order valence-electron chi connectivity index (χ1n) is 7.29. The average Bonchev–Trinajstić information content (AvgIpc) is 2.85. The fourth-order valence-corrected chi connectivity index (χ4v) is 3.04. The number of carbonyl (C=O) groups is 2. The number of primary amides is 1. The third-order valence-electron chi connectivity index (χ3n) is 4.16. The Kier molecular flexibility index (Phi) is 3.72. The van der Waals surface area contributed by atoms with Gasteiger partial charge in [0, 0.05) is 17.3 Å². The number of Topliss-reactive ketones (excluding diaryl/α,β-unsaturated/α-hetero) is 1. The summed E-state index contributed by atoms with van der Waals surface area (Å²) in [5.74, 6) is -0.564. The van der Waals surface area contributed by atoms with Gasteiger partial charge in [-0.15, -0.1) is 0 Å². The van der Waals surface area contributed by atoms with Crippen molar-refractivity contribution >= 4 is 22.6 Å². The molecular weight excluding hydrogens is 284 g/mol. The molecule has 0 aliphatic heterocycles. The topological polar surface area (TPSA) is 116 Å². The van der Waals surface area contributed by atoms with E-state index in [9.17, 15) is 19.8 Å². The molecule has 0 bridgehead atoms. The van der Waals surface area contributed by atoms with E-state index in [4.69, 9.17) is 5.73 Å². The fourth-order valence-electron chi connectivity index (χ4n) is 3.04. The van der Waals surface area contributed by atoms with Crippen LogP contribution in [0.25, 0.3) is 10.9 Å². The van der Waals surface area contributed by atoms with Gasteiger partial charge in [-0.2, -0.15) is 0 Å². The van der Waals surface area contributed by atoms with E-state index < -0.39 is 18.1 Å². The number of aliphatic hydroxyl groups is 2. The van der Waals surface area contributed by atoms with E-state index in [0.717, 1.165) is 29.3 Å². The predicted molar refractivity (Wildman–Crippen MR) is 80.3 cm³/mol. The van der Waals surface area contributed by atoms with Gasteiger partial charge in [-0.05, 0) is 36.1 Å². The lowest BCUT2D eigenvalue weighted by atomic mass is 9.93. The maximum atomic E-state index is 11.9. The summed E-state index contributed by atoms with van der Waals surface area (Å²) in [4.78, 5) is 25.9. The number of amides is 1. The van der Waals surface area contributed by atoms with E-state index in [1.54, 1.807) is 18.2 Å². The highest BCUT2D eigenvalue weighted by atomic mass is 16.3. The van der Waals surface area contributed by atoms with Gasteiger partial charge in [0.1, 0.15) is 6.10 Å². The number of fused-ring (bicyclic) bond motifs is 3. The number of rotatable bonds is 4. The van der Waals surface area contributed by atoms with Crippen molar-refractivity contribution in [1.29, 1.82) is 0 Å². The van der Waals surface area contributed by atoms with Gasteiger partial charge in [0.15, 0.2) is 5.78 Å². The molecule has 2 aromatic rings. The van der Waals surface area contributed by atoms with Crippen molar-refractivity contribution in [3.63, 3.8) is 0 Å². The molecule has 3 rings (SSSR count). The number of aromatic nitrogens is 1. The Balaban J connectivity index is 1.99. The first-order chi connectivity index (χ1) is 10.5. The minimum Gasteiger partial charge on any atom is -0.390 e. The van der Waals surface area contributed by atoms with Crippen molar-refractivity contribution in [3.05, 3.63) is 35.0 Å². The highest BCUT2D eigenvalue weighted by Crippen LogP contribution is 2.31. The highest BCUT2D eigenvalue weighted by Gasteiger charge is 2.24. The number of H-pyrrole nitrogens is 1. The van der Waals surface area contributed by atoms with Gasteiger partial charge in [-0.1, -0.05) is 6.07 Å². The van der Waals surface area contributed by atoms with Crippen LogP contribution in [0.4, 0.5) is 0 Å². The van der Waals surface area contributed by atoms with Crippen LogP contribution in [0.2, 0.25) is 0 Å². The molecule has 1 amide bonds. The Bertz CT molecular complexity index is 750. The molecule has 5 N–H and O–H groups in total. The molecule has 116 valence electrons. The maximum absolute atomic E-state index is 11.9. The zero-order valence-electron chi connectivity index (χ0n) is 12.0. The number of ketones is 1. The Morgan fingerprint density at radius 1 is 1.32 bits per heavy atom. The summed E-state index contributed by atoms with van der Waals surface area (Å²) in [5, 5.41) is 20.9. The molecule has 1 aliphatic rings. The normalized spacial score (nSPS) is 17.3. The van der Waals surface area contributed by atoms with Crippen molar-refractivity contribution in [3.8, 4) is 0 Å². The van der Waals surface area contributed by atoms with Crippen LogP contribution in [0.3, 0.4) is 0 Å². The molecule has 1 heterocycles. The Labute approximate surface area is 126 Å². The van der Waals surface area contributed by atoms with Gasteiger partial charge >= 0.3 is 0 Å². The summed E-state index contributed by atoms with van der Waals surface area (Å²) in [6.07, 6.45) is -0.566. The average molecular weight is 302 g/mol. The summed E-state index contributed by atoms with van der Waals surface area (Å²) in [7, 11) is 0. The second-order valence-corrected chi connectivity index (χ2v) is 5.74. The molecule has 0 radical (unpaired) electrons. The van der Waals surface area contributed by atoms with Crippen LogP contribution in [-0.4, -0.2) is 33.0 Å². The standard InChI is InChI=1S/C16H18N2O4/c17-14(21)7-13(20)16(22)8-4-5-11-10(6-8)9-2-1-3-12(19)15(9)18-11/h4-6,13,16,18,20,22H,1-3,7H2,(H2,17,21). The number of nitrogens with two attached hydrogens (primary N) is 1. The number of hydrogen-bond donors (Lipinski definition) is 4. The summed E-state index contributed by atoms with van der Waals surface area (Å²) in [5.41, 5.74) is 7.98. The molecule has 22 heavy (non-hydrogen) atoms. The first-order valence-corrected chi connectivity index (χ1v) is 7.29. The fraction of sp³-hybridized carbons (Fsp3) is 0.375. The van der Waals surface area contributed by atoms with Gasteiger partial charge in [-0.3, -0.25) is 9.59 Å². The molecule has 0 fully saturated rings. The molecule has 2 unspecified atom stereocenters. The molecule has 6 heteroatoms. The van der Waals surface area contributed by atoms with Crippen molar-refractivity contribution in [2.75, 3.05) is 0 Å². The molecule has 1 aliphatic carbocycles. The van der Waals surface area contributed by atoms with Crippen LogP contribution in [-0.2, 0) is 11.2 Å². The zero-order valence-corrected chi connectivity index (χ0v) is 12.0. The molecular formula is C16H18N2O4. The predicted octanol–water partition coefficient (Wildman–Crippen LogP) is 0.957. The number of aryl methyl sites for hydroxylation is 1. The van der Waals surface area contributed by atoms with E-state index in [2.05, 4.69) is 4.98 Å². The summed E-state index contributed by atoms with van der Waals surface area (Å²) >= 11 is 0. The van der Waals surface area contributed by atoms with Crippen molar-refractivity contribution < 1.29 is 19.8 Å². The molecule has 2 atom stereocenters. The van der Waals surface area contributed by atoms with Crippen molar-refractivity contribution in [1.82, 2.24) is 4.98 Å². The van der Waals surface area contributed by atoms with E-state index >= 15 is 0 Å². The van der Waals surface area contributed by atoms with Gasteiger partial charge in [0.05, 0.1) is 18.2 Å². The third kappa shape index (κ3) is 2.51. The Morgan fingerprint density at radius 3 is 2.82 bits per heavy atom. The SMILES string of the molecule is NC(=O)CC(O)C(O)c1ccc2[nH]c3c(c2c1)CCCC3=O. The summed E-state index contributed by atoms with van der Waals surface area (Å²) in [6, 6.07) is 5.21. The van der Waals surface area contributed by atoms with Crippen LogP contribution < -0.4 is 5.73 Å². The van der Waals surface area contributed by atoms with Gasteiger partial charge in [0.25, 0.3) is 0 Å². The van der Waals surface area contributed by atoms with Gasteiger partial charge < -0.3 is 20.9 Å².